The zero-order chi connectivity index (χ0) is 24.6. The summed E-state index contributed by atoms with van der Waals surface area (Å²) in [6, 6.07) is -1.09. The van der Waals surface area contributed by atoms with Crippen LogP contribution in [0.4, 0.5) is 4.79 Å². The summed E-state index contributed by atoms with van der Waals surface area (Å²) in [6.45, 7) is 13.6. The maximum absolute atomic E-state index is 11.7. The Labute approximate surface area is 198 Å². The molecule has 0 aliphatic heterocycles. The first-order valence-electron chi connectivity index (χ1n) is 11.0. The predicted molar refractivity (Wildman–Crippen MR) is 128 cm³/mol. The molecule has 0 radical (unpaired) electrons. The van der Waals surface area contributed by atoms with Crippen LogP contribution in [0.5, 0.6) is 0 Å². The number of rotatable bonds is 11. The average molecular weight is 485 g/mol. The number of halogens is 1. The van der Waals surface area contributed by atoms with E-state index >= 15 is 0 Å². The molecule has 0 aromatic heterocycles. The smallest absolute Gasteiger partial charge is 0.407 e. The number of carbonyl (C=O) groups is 3. The molecule has 0 saturated heterocycles. The standard InChI is InChI=1S/C13H26N2O4.C8H18N2O2.ClH/c1-6-8-9(10(16)11(17)14-7-2)15-12(18)19-13(3,4)5;1-3-5-6(9)7(11)8(12)10-4-2;/h9-10,16H,6-8H2,1-5H3,(H,14,17)(H,15,18);6-7,11H,3-5,9H2,1-2H3,(H,10,12);1H. The van der Waals surface area contributed by atoms with Crippen LogP contribution in [-0.2, 0) is 14.3 Å². The van der Waals surface area contributed by atoms with Gasteiger partial charge in [0.1, 0.15) is 11.7 Å². The van der Waals surface area contributed by atoms with Crippen LogP contribution in [0.3, 0.4) is 0 Å². The van der Waals surface area contributed by atoms with E-state index in [0.29, 0.717) is 25.9 Å². The molecule has 11 heteroatoms. The predicted octanol–water partition coefficient (Wildman–Crippen LogP) is 1.21. The molecule has 4 atom stereocenters. The van der Waals surface area contributed by atoms with Gasteiger partial charge < -0.3 is 36.6 Å². The molecule has 0 aromatic rings. The zero-order valence-corrected chi connectivity index (χ0v) is 21.4. The number of nitrogens with two attached hydrogens (primary N) is 1. The molecular formula is C21H45ClN4O6. The molecular weight excluding hydrogens is 440 g/mol. The number of nitrogens with one attached hydrogen (secondary N) is 3. The molecule has 0 spiro atoms. The first kappa shape index (κ1) is 35.0. The Morgan fingerprint density at radius 1 is 0.875 bits per heavy atom. The van der Waals surface area contributed by atoms with E-state index in [-0.39, 0.29) is 18.3 Å². The van der Waals surface area contributed by atoms with Gasteiger partial charge in [0, 0.05) is 19.1 Å². The second-order valence-electron chi connectivity index (χ2n) is 8.17. The Hall–Kier alpha value is -1.62. The van der Waals surface area contributed by atoms with Gasteiger partial charge in [-0.25, -0.2) is 4.79 Å². The monoisotopic (exact) mass is 484 g/mol. The molecule has 10 nitrogen and oxygen atoms in total. The summed E-state index contributed by atoms with van der Waals surface area (Å²) in [5.41, 5.74) is 4.93. The largest absolute Gasteiger partial charge is 0.444 e. The minimum atomic E-state index is -1.27. The van der Waals surface area contributed by atoms with Crippen molar-refractivity contribution in [3.63, 3.8) is 0 Å². The van der Waals surface area contributed by atoms with Gasteiger partial charge in [0.2, 0.25) is 5.91 Å². The highest BCUT2D eigenvalue weighted by Crippen LogP contribution is 2.09. The van der Waals surface area contributed by atoms with Gasteiger partial charge in [-0.3, -0.25) is 9.59 Å². The molecule has 0 bridgehead atoms. The van der Waals surface area contributed by atoms with Gasteiger partial charge in [0.05, 0.1) is 6.04 Å². The maximum Gasteiger partial charge on any atom is 0.407 e. The van der Waals surface area contributed by atoms with Crippen molar-refractivity contribution in [3.8, 4) is 0 Å². The Balaban J connectivity index is -0.000000561. The first-order valence-corrected chi connectivity index (χ1v) is 11.0. The summed E-state index contributed by atoms with van der Waals surface area (Å²) in [7, 11) is 0. The number of likely N-dealkylation sites (N-methyl/N-ethyl adjacent to an activating group) is 2. The van der Waals surface area contributed by atoms with E-state index in [1.807, 2.05) is 13.8 Å². The quantitative estimate of drug-likeness (QED) is 0.256. The van der Waals surface area contributed by atoms with Crippen LogP contribution in [0.15, 0.2) is 0 Å². The van der Waals surface area contributed by atoms with Crippen molar-refractivity contribution in [1.82, 2.24) is 16.0 Å². The summed E-state index contributed by atoms with van der Waals surface area (Å²) < 4.78 is 5.11. The van der Waals surface area contributed by atoms with Crippen LogP contribution in [0.1, 0.15) is 74.1 Å². The summed E-state index contributed by atoms with van der Waals surface area (Å²) >= 11 is 0. The lowest BCUT2D eigenvalue weighted by atomic mass is 10.1. The fraction of sp³-hybridized carbons (Fsp3) is 0.857. The third-order valence-corrected chi connectivity index (χ3v) is 3.95. The Bertz CT molecular complexity index is 531. The van der Waals surface area contributed by atoms with Crippen LogP contribution >= 0.6 is 12.4 Å². The van der Waals surface area contributed by atoms with Gasteiger partial charge in [-0.1, -0.05) is 26.7 Å². The minimum Gasteiger partial charge on any atom is -0.444 e. The van der Waals surface area contributed by atoms with E-state index in [2.05, 4.69) is 16.0 Å². The highest BCUT2D eigenvalue weighted by atomic mass is 35.5. The summed E-state index contributed by atoms with van der Waals surface area (Å²) in [4.78, 5) is 34.2. The van der Waals surface area contributed by atoms with Gasteiger partial charge in [0.25, 0.3) is 5.91 Å². The van der Waals surface area contributed by atoms with E-state index in [9.17, 15) is 24.6 Å². The van der Waals surface area contributed by atoms with Gasteiger partial charge in [-0.2, -0.15) is 0 Å². The topological polar surface area (TPSA) is 163 Å². The number of amides is 3. The maximum atomic E-state index is 11.7. The van der Waals surface area contributed by atoms with Gasteiger partial charge in [0.15, 0.2) is 6.10 Å². The van der Waals surface area contributed by atoms with Crippen molar-refractivity contribution in [2.24, 2.45) is 5.73 Å². The van der Waals surface area contributed by atoms with Crippen molar-refractivity contribution in [2.45, 2.75) is 104 Å². The van der Waals surface area contributed by atoms with E-state index in [4.69, 9.17) is 10.5 Å². The Morgan fingerprint density at radius 3 is 1.69 bits per heavy atom. The highest BCUT2D eigenvalue weighted by Gasteiger charge is 2.28. The van der Waals surface area contributed by atoms with Crippen LogP contribution < -0.4 is 21.7 Å². The number of hydrogen-bond donors (Lipinski definition) is 6. The molecule has 0 aromatic carbocycles. The third-order valence-electron chi connectivity index (χ3n) is 3.95. The zero-order valence-electron chi connectivity index (χ0n) is 20.6. The summed E-state index contributed by atoms with van der Waals surface area (Å²) in [5.74, 6) is -0.865. The lowest BCUT2D eigenvalue weighted by molar-refractivity contribution is -0.131. The fourth-order valence-electron chi connectivity index (χ4n) is 2.50. The van der Waals surface area contributed by atoms with Crippen LogP contribution in [0, 0.1) is 0 Å². The van der Waals surface area contributed by atoms with Crippen molar-refractivity contribution in [1.29, 1.82) is 0 Å². The van der Waals surface area contributed by atoms with Crippen LogP contribution in [-0.4, -0.2) is 71.1 Å². The number of alkyl carbamates (subject to hydrolysis) is 1. The lowest BCUT2D eigenvalue weighted by Crippen LogP contribution is -2.51. The summed E-state index contributed by atoms with van der Waals surface area (Å²) in [6.07, 6.45) is -0.198. The van der Waals surface area contributed by atoms with Gasteiger partial charge in [-0.15, -0.1) is 12.4 Å². The van der Waals surface area contributed by atoms with Crippen LogP contribution in [0.2, 0.25) is 0 Å². The van der Waals surface area contributed by atoms with Crippen molar-refractivity contribution in [2.75, 3.05) is 13.1 Å². The molecule has 0 aliphatic carbocycles. The molecule has 192 valence electrons. The van der Waals surface area contributed by atoms with E-state index < -0.39 is 41.9 Å². The molecule has 3 amide bonds. The van der Waals surface area contributed by atoms with Crippen molar-refractivity contribution >= 4 is 30.3 Å². The molecule has 32 heavy (non-hydrogen) atoms. The van der Waals surface area contributed by atoms with E-state index in [0.717, 1.165) is 12.8 Å². The Morgan fingerprint density at radius 2 is 1.31 bits per heavy atom. The molecule has 0 heterocycles. The first-order chi connectivity index (χ1) is 14.3. The molecule has 4 unspecified atom stereocenters. The van der Waals surface area contributed by atoms with E-state index in [1.54, 1.807) is 34.6 Å². The fourth-order valence-corrected chi connectivity index (χ4v) is 2.50. The second-order valence-corrected chi connectivity index (χ2v) is 8.17. The number of ether oxygens (including phenoxy) is 1. The molecule has 7 N–H and O–H groups in total. The van der Waals surface area contributed by atoms with E-state index in [1.165, 1.54) is 0 Å². The van der Waals surface area contributed by atoms with Gasteiger partial charge in [-0.05, 0) is 47.5 Å². The number of hydrogen-bond acceptors (Lipinski definition) is 7. The SMILES string of the molecule is CCCC(N)C(O)C(=O)NCC.CCCC(NC(=O)OC(C)(C)C)C(O)C(=O)NCC.Cl. The van der Waals surface area contributed by atoms with Gasteiger partial charge >= 0.3 is 6.09 Å². The average Bonchev–Trinajstić information content (AvgIpc) is 2.66. The highest BCUT2D eigenvalue weighted by molar-refractivity contribution is 5.85. The lowest BCUT2D eigenvalue weighted by Gasteiger charge is -2.25. The molecule has 0 rings (SSSR count). The normalized spacial score (nSPS) is 14.3. The van der Waals surface area contributed by atoms with Crippen molar-refractivity contribution in [3.05, 3.63) is 0 Å². The number of aliphatic hydroxyl groups excluding tert-OH is 2. The minimum absolute atomic E-state index is 0. The molecule has 0 fully saturated rings. The third kappa shape index (κ3) is 17.0. The number of carbonyl (C=O) groups excluding carboxylic acids is 3. The molecule has 0 saturated carbocycles. The number of aliphatic hydroxyl groups is 2. The summed E-state index contributed by atoms with van der Waals surface area (Å²) in [5, 5.41) is 26.8. The second kappa shape index (κ2) is 18.9. The molecule has 0 aliphatic rings. The van der Waals surface area contributed by atoms with Crippen molar-refractivity contribution < 1.29 is 29.3 Å². The Kier molecular flexibility index (Phi) is 20.7. The van der Waals surface area contributed by atoms with Crippen LogP contribution in [0.25, 0.3) is 0 Å².